The molecule has 1 unspecified atom stereocenters. The molecule has 0 amide bonds. The maximum absolute atomic E-state index is 6.84. The summed E-state index contributed by atoms with van der Waals surface area (Å²) in [4.78, 5) is 10.4. The van der Waals surface area contributed by atoms with E-state index < -0.39 is 5.41 Å². The maximum atomic E-state index is 6.84. The standard InChI is InChI=1S/C53H32N2O/c1-3-15-33(16-4-1)47-32-48(55-52(54-47)34-17-5-2-6-18-34)35-27-28-39-37-20-8-7-19-36(37)38-21-9-12-24-43(38)53(46(39)31-35)44-25-13-10-23-42(44)50-45(53)30-29-41-40-22-11-14-26-49(40)56-51(41)50/h1-32H. The van der Waals surface area contributed by atoms with Crippen LogP contribution in [0.5, 0.6) is 0 Å². The van der Waals surface area contributed by atoms with Gasteiger partial charge in [0.15, 0.2) is 5.82 Å². The molecule has 56 heavy (non-hydrogen) atoms. The fourth-order valence-corrected chi connectivity index (χ4v) is 9.58. The smallest absolute Gasteiger partial charge is 0.160 e. The molecule has 2 aromatic heterocycles. The van der Waals surface area contributed by atoms with Crippen molar-refractivity contribution in [3.05, 3.63) is 216 Å². The number of hydrogen-bond acceptors (Lipinski definition) is 3. The van der Waals surface area contributed by atoms with Crippen molar-refractivity contribution in [2.24, 2.45) is 0 Å². The first-order valence-corrected chi connectivity index (χ1v) is 19.2. The van der Waals surface area contributed by atoms with Crippen LogP contribution in [0.15, 0.2) is 199 Å². The Labute approximate surface area is 324 Å². The van der Waals surface area contributed by atoms with Gasteiger partial charge in [0.1, 0.15) is 11.2 Å². The Hall–Kier alpha value is -7.36. The highest BCUT2D eigenvalue weighted by Crippen LogP contribution is 2.63. The van der Waals surface area contributed by atoms with Gasteiger partial charge in [-0.1, -0.05) is 176 Å². The van der Waals surface area contributed by atoms with E-state index >= 15 is 0 Å². The van der Waals surface area contributed by atoms with Crippen LogP contribution in [0.2, 0.25) is 0 Å². The summed E-state index contributed by atoms with van der Waals surface area (Å²) in [5.74, 6) is 0.700. The number of fused-ring (bicyclic) bond motifs is 16. The first-order chi connectivity index (χ1) is 27.8. The summed E-state index contributed by atoms with van der Waals surface area (Å²) in [7, 11) is 0. The Morgan fingerprint density at radius 1 is 0.357 bits per heavy atom. The van der Waals surface area contributed by atoms with E-state index in [1.807, 2.05) is 24.3 Å². The van der Waals surface area contributed by atoms with Gasteiger partial charge >= 0.3 is 0 Å². The zero-order valence-corrected chi connectivity index (χ0v) is 30.3. The highest BCUT2D eigenvalue weighted by atomic mass is 16.3. The third-order valence-electron chi connectivity index (χ3n) is 11.9. The molecule has 10 aromatic rings. The Kier molecular flexibility index (Phi) is 6.55. The number of nitrogens with zero attached hydrogens (tertiary/aromatic N) is 2. The fourth-order valence-electron chi connectivity index (χ4n) is 9.58. The Bertz CT molecular complexity index is 3140. The molecule has 1 spiro atoms. The first kappa shape index (κ1) is 31.0. The van der Waals surface area contributed by atoms with Gasteiger partial charge in [-0.15, -0.1) is 0 Å². The molecule has 2 aliphatic rings. The highest BCUT2D eigenvalue weighted by Gasteiger charge is 2.50. The van der Waals surface area contributed by atoms with Crippen molar-refractivity contribution >= 4 is 21.9 Å². The van der Waals surface area contributed by atoms with Crippen molar-refractivity contribution in [2.75, 3.05) is 0 Å². The number of hydrogen-bond donors (Lipinski definition) is 0. The van der Waals surface area contributed by atoms with E-state index in [1.165, 1.54) is 50.1 Å². The fraction of sp³-hybridized carbons (Fsp3) is 0.0189. The second-order valence-corrected chi connectivity index (χ2v) is 14.8. The number of benzene rings is 8. The van der Waals surface area contributed by atoms with Gasteiger partial charge in [0, 0.05) is 33.0 Å². The third-order valence-corrected chi connectivity index (χ3v) is 11.9. The molecule has 0 saturated carbocycles. The molecule has 0 saturated heterocycles. The second kappa shape index (κ2) is 11.8. The Morgan fingerprint density at radius 2 is 0.929 bits per heavy atom. The summed E-state index contributed by atoms with van der Waals surface area (Å²) in [6, 6.07) is 69.7. The molecule has 2 heterocycles. The number of aromatic nitrogens is 2. The van der Waals surface area contributed by atoms with E-state index in [0.29, 0.717) is 5.82 Å². The average Bonchev–Trinajstić information content (AvgIpc) is 3.77. The lowest BCUT2D eigenvalue weighted by Crippen LogP contribution is -2.29. The van der Waals surface area contributed by atoms with E-state index in [0.717, 1.165) is 55.6 Å². The molecule has 260 valence electrons. The van der Waals surface area contributed by atoms with Gasteiger partial charge in [0.2, 0.25) is 0 Å². The largest absolute Gasteiger partial charge is 0.455 e. The molecular formula is C53H32N2O. The lowest BCUT2D eigenvalue weighted by molar-refractivity contribution is 0.669. The molecule has 1 atom stereocenters. The molecule has 2 aliphatic carbocycles. The molecule has 0 N–H and O–H groups in total. The van der Waals surface area contributed by atoms with Gasteiger partial charge in [-0.25, -0.2) is 9.97 Å². The summed E-state index contributed by atoms with van der Waals surface area (Å²) in [5, 5.41) is 2.26. The van der Waals surface area contributed by atoms with E-state index in [1.54, 1.807) is 0 Å². The molecule has 3 heteroatoms. The lowest BCUT2D eigenvalue weighted by Gasteiger charge is -2.35. The molecule has 12 rings (SSSR count). The predicted octanol–water partition coefficient (Wildman–Crippen LogP) is 13.4. The summed E-state index contributed by atoms with van der Waals surface area (Å²) in [5.41, 5.74) is 18.2. The average molecular weight is 713 g/mol. The summed E-state index contributed by atoms with van der Waals surface area (Å²) in [6.07, 6.45) is 0. The molecule has 0 fully saturated rings. The van der Waals surface area contributed by atoms with Crippen LogP contribution in [-0.4, -0.2) is 9.97 Å². The minimum atomic E-state index is -0.669. The zero-order valence-electron chi connectivity index (χ0n) is 30.3. The molecule has 0 radical (unpaired) electrons. The minimum Gasteiger partial charge on any atom is -0.455 e. The van der Waals surface area contributed by atoms with Crippen molar-refractivity contribution in [2.45, 2.75) is 5.41 Å². The van der Waals surface area contributed by atoms with E-state index in [9.17, 15) is 0 Å². The van der Waals surface area contributed by atoms with Crippen molar-refractivity contribution in [1.82, 2.24) is 9.97 Å². The Morgan fingerprint density at radius 3 is 1.68 bits per heavy atom. The van der Waals surface area contributed by atoms with Gasteiger partial charge < -0.3 is 4.42 Å². The Balaban J connectivity index is 1.22. The van der Waals surface area contributed by atoms with E-state index in [2.05, 4.69) is 170 Å². The summed E-state index contributed by atoms with van der Waals surface area (Å²) >= 11 is 0. The molecule has 0 bridgehead atoms. The SMILES string of the molecule is c1ccc(-c2cc(-c3ccc4c(c3)C3(c5ccccc5-c5ccccc5-4)c4ccccc4-c4c3ccc3c4oc4ccccc43)nc(-c3ccccc3)n2)cc1. The van der Waals surface area contributed by atoms with Crippen LogP contribution < -0.4 is 0 Å². The van der Waals surface area contributed by atoms with Crippen molar-refractivity contribution < 1.29 is 4.42 Å². The summed E-state index contributed by atoms with van der Waals surface area (Å²) < 4.78 is 6.84. The number of para-hydroxylation sites is 1. The van der Waals surface area contributed by atoms with Gasteiger partial charge in [0.25, 0.3) is 0 Å². The molecular weight excluding hydrogens is 681 g/mol. The molecule has 3 nitrogen and oxygen atoms in total. The molecule has 8 aromatic carbocycles. The van der Waals surface area contributed by atoms with Crippen LogP contribution in [0, 0.1) is 0 Å². The van der Waals surface area contributed by atoms with Crippen molar-refractivity contribution in [3.63, 3.8) is 0 Å². The normalized spacial score (nSPS) is 14.9. The van der Waals surface area contributed by atoms with Gasteiger partial charge in [-0.3, -0.25) is 0 Å². The van der Waals surface area contributed by atoms with Crippen molar-refractivity contribution in [1.29, 1.82) is 0 Å². The zero-order chi connectivity index (χ0) is 36.8. The van der Waals surface area contributed by atoms with E-state index in [-0.39, 0.29) is 0 Å². The second-order valence-electron chi connectivity index (χ2n) is 14.8. The van der Waals surface area contributed by atoms with Crippen LogP contribution >= 0.6 is 0 Å². The maximum Gasteiger partial charge on any atom is 0.160 e. The number of rotatable bonds is 3. The van der Waals surface area contributed by atoms with Gasteiger partial charge in [-0.05, 0) is 68.3 Å². The molecule has 0 aliphatic heterocycles. The third kappa shape index (κ3) is 4.28. The minimum absolute atomic E-state index is 0.669. The predicted molar refractivity (Wildman–Crippen MR) is 227 cm³/mol. The van der Waals surface area contributed by atoms with Gasteiger partial charge in [-0.2, -0.15) is 0 Å². The van der Waals surface area contributed by atoms with Crippen LogP contribution in [0.3, 0.4) is 0 Å². The van der Waals surface area contributed by atoms with Gasteiger partial charge in [0.05, 0.1) is 16.8 Å². The first-order valence-electron chi connectivity index (χ1n) is 19.2. The van der Waals surface area contributed by atoms with E-state index in [4.69, 9.17) is 14.4 Å². The number of furan rings is 1. The van der Waals surface area contributed by atoms with Crippen LogP contribution in [0.25, 0.3) is 89.2 Å². The van der Waals surface area contributed by atoms with Crippen molar-refractivity contribution in [3.8, 4) is 67.3 Å². The van der Waals surface area contributed by atoms with Crippen LogP contribution in [0.4, 0.5) is 0 Å². The highest BCUT2D eigenvalue weighted by molar-refractivity contribution is 6.13. The lowest BCUT2D eigenvalue weighted by atomic mass is 9.65. The topological polar surface area (TPSA) is 38.9 Å². The monoisotopic (exact) mass is 712 g/mol. The quantitative estimate of drug-likeness (QED) is 0.183. The van der Waals surface area contributed by atoms with Crippen LogP contribution in [0.1, 0.15) is 22.3 Å². The summed E-state index contributed by atoms with van der Waals surface area (Å²) in [6.45, 7) is 0. The van der Waals surface area contributed by atoms with Crippen LogP contribution in [-0.2, 0) is 5.41 Å².